The van der Waals surface area contributed by atoms with E-state index < -0.39 is 10.0 Å². The molecule has 0 saturated heterocycles. The molecule has 0 radical (unpaired) electrons. The number of carbonyl (C=O) groups excluding carboxylic acids is 1. The molecule has 1 atom stereocenters. The third-order valence-electron chi connectivity index (χ3n) is 3.95. The average Bonchev–Trinajstić information content (AvgIpc) is 2.55. The first-order chi connectivity index (χ1) is 11.6. The Hall–Kier alpha value is -1.70. The summed E-state index contributed by atoms with van der Waals surface area (Å²) in [6.45, 7) is 3.88. The predicted molar refractivity (Wildman–Crippen MR) is 102 cm³/mol. The smallest absolute Gasteiger partial charge is 0.251 e. The SMILES string of the molecule is Cc1ccccc1C(C)NC(=O)c1ccc(Br)c(S(=O)(=O)N(C)C)c1. The maximum absolute atomic E-state index is 12.6. The van der Waals surface area contributed by atoms with Gasteiger partial charge in [0, 0.05) is 24.1 Å². The van der Waals surface area contributed by atoms with Gasteiger partial charge >= 0.3 is 0 Å². The van der Waals surface area contributed by atoms with Crippen LogP contribution >= 0.6 is 15.9 Å². The van der Waals surface area contributed by atoms with Crippen LogP contribution in [-0.2, 0) is 10.0 Å². The van der Waals surface area contributed by atoms with Gasteiger partial charge in [0.1, 0.15) is 0 Å². The monoisotopic (exact) mass is 424 g/mol. The van der Waals surface area contributed by atoms with Gasteiger partial charge in [0.15, 0.2) is 0 Å². The molecule has 1 unspecified atom stereocenters. The number of aryl methyl sites for hydroxylation is 1. The molecule has 2 aromatic rings. The zero-order chi connectivity index (χ0) is 18.8. The highest BCUT2D eigenvalue weighted by Gasteiger charge is 2.22. The lowest BCUT2D eigenvalue weighted by atomic mass is 10.0. The van der Waals surface area contributed by atoms with Crippen LogP contribution in [0.25, 0.3) is 0 Å². The van der Waals surface area contributed by atoms with Crippen molar-refractivity contribution in [3.8, 4) is 0 Å². The van der Waals surface area contributed by atoms with Crippen LogP contribution in [0.15, 0.2) is 51.8 Å². The molecule has 134 valence electrons. The lowest BCUT2D eigenvalue weighted by molar-refractivity contribution is 0.0939. The second kappa shape index (κ2) is 7.68. The van der Waals surface area contributed by atoms with Gasteiger partial charge in [-0.05, 0) is 59.1 Å². The molecule has 2 rings (SSSR count). The number of rotatable bonds is 5. The van der Waals surface area contributed by atoms with Crippen LogP contribution in [-0.4, -0.2) is 32.7 Å². The van der Waals surface area contributed by atoms with Crippen LogP contribution in [0.3, 0.4) is 0 Å². The Labute approximate surface area is 157 Å². The van der Waals surface area contributed by atoms with Crippen molar-refractivity contribution < 1.29 is 13.2 Å². The molecule has 7 heteroatoms. The van der Waals surface area contributed by atoms with Crippen LogP contribution in [0.2, 0.25) is 0 Å². The van der Waals surface area contributed by atoms with E-state index in [4.69, 9.17) is 0 Å². The average molecular weight is 425 g/mol. The van der Waals surface area contributed by atoms with Crippen LogP contribution in [0.5, 0.6) is 0 Å². The second-order valence-corrected chi connectivity index (χ2v) is 8.96. The van der Waals surface area contributed by atoms with Crippen LogP contribution < -0.4 is 5.32 Å². The molecular formula is C18H21BrN2O3S. The minimum Gasteiger partial charge on any atom is -0.346 e. The minimum absolute atomic E-state index is 0.0636. The molecule has 25 heavy (non-hydrogen) atoms. The number of carbonyl (C=O) groups is 1. The first kappa shape index (κ1) is 19.6. The molecule has 5 nitrogen and oxygen atoms in total. The van der Waals surface area contributed by atoms with Gasteiger partial charge in [-0.15, -0.1) is 0 Å². The number of hydrogen-bond donors (Lipinski definition) is 1. The van der Waals surface area contributed by atoms with Crippen molar-refractivity contribution in [3.63, 3.8) is 0 Å². The van der Waals surface area contributed by atoms with E-state index in [-0.39, 0.29) is 16.8 Å². The fourth-order valence-electron chi connectivity index (χ4n) is 2.47. The first-order valence-corrected chi connectivity index (χ1v) is 9.96. The topological polar surface area (TPSA) is 66.5 Å². The summed E-state index contributed by atoms with van der Waals surface area (Å²) in [6, 6.07) is 12.2. The summed E-state index contributed by atoms with van der Waals surface area (Å²) in [4.78, 5) is 12.6. The first-order valence-electron chi connectivity index (χ1n) is 7.73. The molecule has 0 bridgehead atoms. The van der Waals surface area contributed by atoms with Gasteiger partial charge in [0.25, 0.3) is 5.91 Å². The van der Waals surface area contributed by atoms with Crippen molar-refractivity contribution in [2.24, 2.45) is 0 Å². The molecule has 1 amide bonds. The van der Waals surface area contributed by atoms with Gasteiger partial charge < -0.3 is 5.32 Å². The van der Waals surface area contributed by atoms with E-state index in [1.54, 1.807) is 12.1 Å². The molecule has 0 heterocycles. The van der Waals surface area contributed by atoms with Gasteiger partial charge in [0.2, 0.25) is 10.0 Å². The van der Waals surface area contributed by atoms with Crippen molar-refractivity contribution in [2.75, 3.05) is 14.1 Å². The van der Waals surface area contributed by atoms with Crippen LogP contribution in [0.4, 0.5) is 0 Å². The van der Waals surface area contributed by atoms with Crippen LogP contribution in [0, 0.1) is 6.92 Å². The predicted octanol–water partition coefficient (Wildman–Crippen LogP) is 3.50. The number of sulfonamides is 1. The number of halogens is 1. The Morgan fingerprint density at radius 1 is 1.16 bits per heavy atom. The summed E-state index contributed by atoms with van der Waals surface area (Å²) in [7, 11) is -0.738. The molecule has 1 N–H and O–H groups in total. The second-order valence-electron chi connectivity index (χ2n) is 5.98. The molecular weight excluding hydrogens is 404 g/mol. The zero-order valence-corrected chi connectivity index (χ0v) is 17.0. The molecule has 0 aliphatic carbocycles. The normalized spacial score (nSPS) is 12.9. The number of benzene rings is 2. The van der Waals surface area contributed by atoms with Crippen molar-refractivity contribution in [3.05, 3.63) is 63.6 Å². The highest BCUT2D eigenvalue weighted by molar-refractivity contribution is 9.10. The fraction of sp³-hybridized carbons (Fsp3) is 0.278. The molecule has 0 spiro atoms. The highest BCUT2D eigenvalue weighted by Crippen LogP contribution is 2.26. The molecule has 0 aliphatic heterocycles. The van der Waals surface area contributed by atoms with E-state index in [1.807, 2.05) is 38.1 Å². The van der Waals surface area contributed by atoms with Gasteiger partial charge in [0.05, 0.1) is 10.9 Å². The molecule has 0 fully saturated rings. The number of nitrogens with zero attached hydrogens (tertiary/aromatic N) is 1. The Morgan fingerprint density at radius 3 is 2.40 bits per heavy atom. The van der Waals surface area contributed by atoms with E-state index in [9.17, 15) is 13.2 Å². The molecule has 0 saturated carbocycles. The van der Waals surface area contributed by atoms with E-state index in [2.05, 4.69) is 21.2 Å². The summed E-state index contributed by atoms with van der Waals surface area (Å²) < 4.78 is 26.3. The van der Waals surface area contributed by atoms with Crippen molar-refractivity contribution >= 4 is 31.9 Å². The summed E-state index contributed by atoms with van der Waals surface area (Å²) in [5.41, 5.74) is 2.40. The van der Waals surface area contributed by atoms with E-state index in [0.717, 1.165) is 15.4 Å². The standard InChI is InChI=1S/C18H21BrN2O3S/c1-12-7-5-6-8-15(12)13(2)20-18(22)14-9-10-16(19)17(11-14)25(23,24)21(3)4/h5-11,13H,1-4H3,(H,20,22). The largest absolute Gasteiger partial charge is 0.346 e. The van der Waals surface area contributed by atoms with Gasteiger partial charge in [-0.1, -0.05) is 24.3 Å². The summed E-state index contributed by atoms with van der Waals surface area (Å²) in [6.07, 6.45) is 0. The van der Waals surface area contributed by atoms with E-state index in [1.165, 1.54) is 20.2 Å². The number of hydrogen-bond acceptors (Lipinski definition) is 3. The quantitative estimate of drug-likeness (QED) is 0.798. The van der Waals surface area contributed by atoms with Crippen molar-refractivity contribution in [1.82, 2.24) is 9.62 Å². The third kappa shape index (κ3) is 4.29. The van der Waals surface area contributed by atoms with E-state index in [0.29, 0.717) is 10.0 Å². The lowest BCUT2D eigenvalue weighted by Gasteiger charge is -2.18. The Balaban J connectivity index is 2.30. The van der Waals surface area contributed by atoms with E-state index >= 15 is 0 Å². The Bertz CT molecular complexity index is 895. The number of nitrogens with one attached hydrogen (secondary N) is 1. The maximum Gasteiger partial charge on any atom is 0.251 e. The summed E-state index contributed by atoms with van der Waals surface area (Å²) in [5, 5.41) is 2.92. The lowest BCUT2D eigenvalue weighted by Crippen LogP contribution is -2.28. The minimum atomic E-state index is -3.64. The fourth-order valence-corrected chi connectivity index (χ4v) is 4.31. The molecule has 2 aromatic carbocycles. The van der Waals surface area contributed by atoms with Gasteiger partial charge in [-0.3, -0.25) is 4.79 Å². The molecule has 0 aliphatic rings. The third-order valence-corrected chi connectivity index (χ3v) is 6.76. The van der Waals surface area contributed by atoms with Crippen molar-refractivity contribution in [1.29, 1.82) is 0 Å². The van der Waals surface area contributed by atoms with Crippen LogP contribution in [0.1, 0.15) is 34.5 Å². The number of amides is 1. The van der Waals surface area contributed by atoms with Gasteiger partial charge in [-0.2, -0.15) is 0 Å². The summed E-state index contributed by atoms with van der Waals surface area (Å²) in [5.74, 6) is -0.321. The zero-order valence-electron chi connectivity index (χ0n) is 14.6. The highest BCUT2D eigenvalue weighted by atomic mass is 79.9. The summed E-state index contributed by atoms with van der Waals surface area (Å²) >= 11 is 3.24. The Kier molecular flexibility index (Phi) is 6.03. The Morgan fingerprint density at radius 2 is 1.80 bits per heavy atom. The van der Waals surface area contributed by atoms with Crippen molar-refractivity contribution in [2.45, 2.75) is 24.8 Å². The maximum atomic E-state index is 12.6. The molecule has 0 aromatic heterocycles. The van der Waals surface area contributed by atoms with Gasteiger partial charge in [-0.25, -0.2) is 12.7 Å².